The summed E-state index contributed by atoms with van der Waals surface area (Å²) >= 11 is 3.41. The van der Waals surface area contributed by atoms with Crippen LogP contribution in [0.15, 0.2) is 83.9 Å². The van der Waals surface area contributed by atoms with Crippen LogP contribution in [0.25, 0.3) is 22.2 Å². The zero-order valence-corrected chi connectivity index (χ0v) is 18.8. The molecule has 0 unspecified atom stereocenters. The third-order valence-electron chi connectivity index (χ3n) is 5.09. The number of aromatic nitrogens is 5. The fourth-order valence-corrected chi connectivity index (χ4v) is 3.95. The Morgan fingerprint density at radius 3 is 2.69 bits per heavy atom. The molecule has 158 valence electrons. The Kier molecular flexibility index (Phi) is 5.28. The summed E-state index contributed by atoms with van der Waals surface area (Å²) < 4.78 is 4.48. The summed E-state index contributed by atoms with van der Waals surface area (Å²) in [5.41, 5.74) is 4.66. The van der Waals surface area contributed by atoms with E-state index in [1.54, 1.807) is 17.1 Å². The second-order valence-corrected chi connectivity index (χ2v) is 8.40. The van der Waals surface area contributed by atoms with Gasteiger partial charge >= 0.3 is 0 Å². The Bertz CT molecular complexity index is 1440. The summed E-state index contributed by atoms with van der Waals surface area (Å²) in [6.07, 6.45) is 7.29. The van der Waals surface area contributed by atoms with E-state index in [2.05, 4.69) is 31.4 Å². The summed E-state index contributed by atoms with van der Waals surface area (Å²) in [5, 5.41) is 12.4. The molecule has 0 bridgehead atoms. The van der Waals surface area contributed by atoms with Crippen molar-refractivity contribution in [3.63, 3.8) is 0 Å². The van der Waals surface area contributed by atoms with Crippen LogP contribution in [0.2, 0.25) is 0 Å². The first-order chi connectivity index (χ1) is 15.5. The highest BCUT2D eigenvalue weighted by atomic mass is 79.9. The number of rotatable bonds is 5. The number of aryl methyl sites for hydroxylation is 1. The summed E-state index contributed by atoms with van der Waals surface area (Å²) in [6, 6.07) is 17.2. The fourth-order valence-electron chi connectivity index (χ4n) is 3.62. The Hall–Kier alpha value is -3.78. The number of pyridine rings is 1. The molecule has 32 heavy (non-hydrogen) atoms. The van der Waals surface area contributed by atoms with Crippen LogP contribution in [0.3, 0.4) is 0 Å². The topological polar surface area (TPSA) is 77.6 Å². The van der Waals surface area contributed by atoms with Gasteiger partial charge in [0.1, 0.15) is 0 Å². The van der Waals surface area contributed by atoms with E-state index in [4.69, 9.17) is 4.98 Å². The maximum Gasteiger partial charge on any atom is 0.256 e. The number of para-hydroxylation sites is 1. The first-order valence-electron chi connectivity index (χ1n) is 10.0. The lowest BCUT2D eigenvalue weighted by Gasteiger charge is -2.11. The number of benzene rings is 2. The highest BCUT2D eigenvalue weighted by Crippen LogP contribution is 2.25. The number of nitrogens with zero attached hydrogens (tertiary/aromatic N) is 5. The zero-order chi connectivity index (χ0) is 22.1. The Balaban J connectivity index is 1.46. The average molecular weight is 487 g/mol. The van der Waals surface area contributed by atoms with Crippen molar-refractivity contribution in [2.45, 2.75) is 6.54 Å². The molecule has 8 heteroatoms. The van der Waals surface area contributed by atoms with Crippen LogP contribution in [0.4, 0.5) is 5.69 Å². The smallest absolute Gasteiger partial charge is 0.256 e. The summed E-state index contributed by atoms with van der Waals surface area (Å²) in [7, 11) is 1.85. The minimum atomic E-state index is -0.187. The van der Waals surface area contributed by atoms with Crippen molar-refractivity contribution >= 4 is 38.4 Å². The molecule has 0 saturated carbocycles. The summed E-state index contributed by atoms with van der Waals surface area (Å²) in [5.74, 6) is -0.187. The van der Waals surface area contributed by atoms with Gasteiger partial charge in [-0.05, 0) is 45.8 Å². The third kappa shape index (κ3) is 4.17. The Labute approximate surface area is 192 Å². The van der Waals surface area contributed by atoms with E-state index in [1.807, 2.05) is 78.7 Å². The van der Waals surface area contributed by atoms with E-state index >= 15 is 0 Å². The molecule has 7 nitrogen and oxygen atoms in total. The lowest BCUT2D eigenvalue weighted by atomic mass is 10.0. The van der Waals surface area contributed by atoms with Gasteiger partial charge in [-0.15, -0.1) is 0 Å². The van der Waals surface area contributed by atoms with Crippen LogP contribution in [-0.2, 0) is 13.6 Å². The van der Waals surface area contributed by atoms with Gasteiger partial charge in [-0.1, -0.05) is 30.3 Å². The number of carbonyl (C=O) groups is 1. The molecule has 0 aliphatic carbocycles. The fraction of sp³-hybridized carbons (Fsp3) is 0.0833. The van der Waals surface area contributed by atoms with Gasteiger partial charge in [-0.3, -0.25) is 14.2 Å². The van der Waals surface area contributed by atoms with Crippen LogP contribution < -0.4 is 5.32 Å². The number of anilines is 1. The molecule has 0 atom stereocenters. The Morgan fingerprint density at radius 2 is 1.91 bits per heavy atom. The second-order valence-electron chi connectivity index (χ2n) is 7.49. The molecule has 0 aliphatic heterocycles. The van der Waals surface area contributed by atoms with Crippen molar-refractivity contribution in [3.8, 4) is 11.3 Å². The van der Waals surface area contributed by atoms with Gasteiger partial charge in [0.2, 0.25) is 0 Å². The molecule has 0 saturated heterocycles. The minimum Gasteiger partial charge on any atom is -0.322 e. The van der Waals surface area contributed by atoms with Crippen molar-refractivity contribution < 1.29 is 4.79 Å². The van der Waals surface area contributed by atoms with Crippen molar-refractivity contribution in [2.75, 3.05) is 5.32 Å². The lowest BCUT2D eigenvalue weighted by molar-refractivity contribution is 0.102. The third-order valence-corrected chi connectivity index (χ3v) is 5.50. The molecule has 3 heterocycles. The predicted molar refractivity (Wildman–Crippen MR) is 127 cm³/mol. The summed E-state index contributed by atoms with van der Waals surface area (Å²) in [6.45, 7) is 0.610. The van der Waals surface area contributed by atoms with Gasteiger partial charge in [-0.2, -0.15) is 10.2 Å². The molecule has 5 aromatic rings. The number of nitrogens with one attached hydrogen (secondary N) is 1. The van der Waals surface area contributed by atoms with E-state index in [9.17, 15) is 4.79 Å². The van der Waals surface area contributed by atoms with Crippen LogP contribution in [-0.4, -0.2) is 30.5 Å². The van der Waals surface area contributed by atoms with Crippen molar-refractivity contribution in [1.29, 1.82) is 0 Å². The van der Waals surface area contributed by atoms with Crippen molar-refractivity contribution in [3.05, 3.63) is 95.0 Å². The number of fused-ring (bicyclic) bond motifs is 1. The lowest BCUT2D eigenvalue weighted by Crippen LogP contribution is -2.13. The SMILES string of the molecule is Cn1cc(-c2cc(C(=O)Nc3cccc(Cn4cc(Br)cn4)c3)c3ccccc3n2)cn1. The van der Waals surface area contributed by atoms with Crippen LogP contribution in [0.5, 0.6) is 0 Å². The average Bonchev–Trinajstić information content (AvgIpc) is 3.41. The normalized spacial score (nSPS) is 11.1. The minimum absolute atomic E-state index is 0.187. The highest BCUT2D eigenvalue weighted by Gasteiger charge is 2.15. The van der Waals surface area contributed by atoms with E-state index in [1.165, 1.54) is 0 Å². The molecule has 3 aromatic heterocycles. The number of carbonyl (C=O) groups excluding carboxylic acids is 1. The quantitative estimate of drug-likeness (QED) is 0.383. The van der Waals surface area contributed by atoms with Gasteiger partial charge in [0.15, 0.2) is 0 Å². The molecule has 0 fully saturated rings. The van der Waals surface area contributed by atoms with Crippen molar-refractivity contribution in [1.82, 2.24) is 24.5 Å². The van der Waals surface area contributed by atoms with Gasteiger partial charge in [0, 0.05) is 36.1 Å². The van der Waals surface area contributed by atoms with Gasteiger partial charge in [0.25, 0.3) is 5.91 Å². The summed E-state index contributed by atoms with van der Waals surface area (Å²) in [4.78, 5) is 18.0. The molecule has 0 aliphatic rings. The molecule has 5 rings (SSSR count). The molecular weight excluding hydrogens is 468 g/mol. The maximum absolute atomic E-state index is 13.3. The first kappa shape index (κ1) is 20.1. The predicted octanol–water partition coefficient (Wildman–Crippen LogP) is 4.89. The Morgan fingerprint density at radius 1 is 1.03 bits per heavy atom. The molecule has 1 amide bonds. The number of hydrogen-bond donors (Lipinski definition) is 1. The second kappa shape index (κ2) is 8.39. The zero-order valence-electron chi connectivity index (χ0n) is 17.2. The monoisotopic (exact) mass is 486 g/mol. The van der Waals surface area contributed by atoms with E-state index in [0.29, 0.717) is 17.8 Å². The number of halogens is 1. The molecule has 0 spiro atoms. The van der Waals surface area contributed by atoms with E-state index in [-0.39, 0.29) is 5.91 Å². The van der Waals surface area contributed by atoms with Crippen LogP contribution >= 0.6 is 15.9 Å². The van der Waals surface area contributed by atoms with Crippen LogP contribution in [0.1, 0.15) is 15.9 Å². The number of hydrogen-bond acceptors (Lipinski definition) is 4. The van der Waals surface area contributed by atoms with Gasteiger partial charge in [0.05, 0.1) is 40.2 Å². The highest BCUT2D eigenvalue weighted by molar-refractivity contribution is 9.10. The van der Waals surface area contributed by atoms with Crippen LogP contribution in [0, 0.1) is 0 Å². The standard InChI is InChI=1S/C24H19BrN6O/c1-30-14-17(11-26-30)23-10-21(20-7-2-3-8-22(20)29-23)24(32)28-19-6-4-5-16(9-19)13-31-15-18(25)12-27-31/h2-12,14-15H,13H2,1H3,(H,28,32). The van der Waals surface area contributed by atoms with Crippen molar-refractivity contribution in [2.24, 2.45) is 7.05 Å². The molecule has 1 N–H and O–H groups in total. The van der Waals surface area contributed by atoms with Gasteiger partial charge < -0.3 is 5.32 Å². The molecular formula is C24H19BrN6O. The largest absolute Gasteiger partial charge is 0.322 e. The first-order valence-corrected chi connectivity index (χ1v) is 10.8. The van der Waals surface area contributed by atoms with Gasteiger partial charge in [-0.25, -0.2) is 4.98 Å². The molecule has 2 aromatic carbocycles. The van der Waals surface area contributed by atoms with E-state index in [0.717, 1.165) is 32.2 Å². The molecule has 0 radical (unpaired) electrons. The van der Waals surface area contributed by atoms with E-state index < -0.39 is 0 Å². The maximum atomic E-state index is 13.3. The number of amides is 1.